The van der Waals surface area contributed by atoms with Gasteiger partial charge < -0.3 is 4.90 Å². The highest BCUT2D eigenvalue weighted by atomic mass is 32.1. The lowest BCUT2D eigenvalue weighted by Crippen LogP contribution is -2.37. The third-order valence-corrected chi connectivity index (χ3v) is 4.14. The Kier molecular flexibility index (Phi) is 3.13. The van der Waals surface area contributed by atoms with Crippen LogP contribution in [-0.2, 0) is 0 Å². The third kappa shape index (κ3) is 3.48. The normalized spacial score (nSPS) is 11.8. The molecule has 0 aromatic carbocycles. The molecule has 0 radical (unpaired) electrons. The molecule has 1 rings (SSSR count). The summed E-state index contributed by atoms with van der Waals surface area (Å²) in [6.45, 7) is 9.18. The monoisotopic (exact) mass is 214 g/mol. The summed E-state index contributed by atoms with van der Waals surface area (Å²) in [5.74, 6) is 0. The number of hydrogen-bond acceptors (Lipinski definition) is 3. The lowest BCUT2D eigenvalue weighted by atomic mass is 10.6. The predicted molar refractivity (Wildman–Crippen MR) is 63.5 cm³/mol. The SMILES string of the molecule is Cc1csc(N(C)C[Si](C)(C)C)n1. The Hall–Kier alpha value is -0.353. The Morgan fingerprint density at radius 3 is 2.46 bits per heavy atom. The third-order valence-electron chi connectivity index (χ3n) is 1.64. The number of aromatic nitrogens is 1. The molecule has 4 heteroatoms. The lowest BCUT2D eigenvalue weighted by Gasteiger charge is -2.24. The van der Waals surface area contributed by atoms with Crippen molar-refractivity contribution in [1.29, 1.82) is 0 Å². The maximum Gasteiger partial charge on any atom is 0.184 e. The van der Waals surface area contributed by atoms with Gasteiger partial charge in [0.2, 0.25) is 0 Å². The number of aryl methyl sites for hydroxylation is 1. The van der Waals surface area contributed by atoms with Gasteiger partial charge in [0.15, 0.2) is 5.13 Å². The minimum absolute atomic E-state index is 1.00. The molecule has 0 amide bonds. The molecule has 2 nitrogen and oxygen atoms in total. The quantitative estimate of drug-likeness (QED) is 0.719. The van der Waals surface area contributed by atoms with Crippen molar-refractivity contribution in [2.75, 3.05) is 18.1 Å². The minimum atomic E-state index is -1.00. The average Bonchev–Trinajstić information content (AvgIpc) is 2.31. The molecule has 13 heavy (non-hydrogen) atoms. The summed E-state index contributed by atoms with van der Waals surface area (Å²) in [7, 11) is 1.13. The Balaban J connectivity index is 2.64. The van der Waals surface area contributed by atoms with Crippen LogP contribution in [0, 0.1) is 6.92 Å². The van der Waals surface area contributed by atoms with E-state index in [4.69, 9.17) is 0 Å². The zero-order valence-electron chi connectivity index (χ0n) is 9.09. The van der Waals surface area contributed by atoms with Gasteiger partial charge in [-0.25, -0.2) is 4.98 Å². The van der Waals surface area contributed by atoms with Crippen LogP contribution in [-0.4, -0.2) is 26.3 Å². The lowest BCUT2D eigenvalue weighted by molar-refractivity contribution is 1.03. The second kappa shape index (κ2) is 3.80. The van der Waals surface area contributed by atoms with Gasteiger partial charge in [0.05, 0.1) is 13.8 Å². The van der Waals surface area contributed by atoms with Gasteiger partial charge in [0, 0.05) is 18.6 Å². The van der Waals surface area contributed by atoms with E-state index in [1.807, 2.05) is 6.92 Å². The molecular weight excluding hydrogens is 196 g/mol. The van der Waals surface area contributed by atoms with E-state index in [1.165, 1.54) is 6.17 Å². The highest BCUT2D eigenvalue weighted by Crippen LogP contribution is 2.19. The molecule has 1 aromatic rings. The summed E-state index contributed by atoms with van der Waals surface area (Å²) in [5.41, 5.74) is 1.13. The highest BCUT2D eigenvalue weighted by Gasteiger charge is 2.17. The molecule has 1 aromatic heterocycles. The van der Waals surface area contributed by atoms with Crippen molar-refractivity contribution < 1.29 is 0 Å². The first-order valence-corrected chi connectivity index (χ1v) is 9.10. The van der Waals surface area contributed by atoms with E-state index < -0.39 is 8.07 Å². The molecule has 0 aliphatic heterocycles. The Morgan fingerprint density at radius 2 is 2.08 bits per heavy atom. The number of rotatable bonds is 3. The molecule has 0 aliphatic carbocycles. The fourth-order valence-corrected chi connectivity index (χ4v) is 3.75. The summed E-state index contributed by atoms with van der Waals surface area (Å²) < 4.78 is 0. The van der Waals surface area contributed by atoms with Crippen LogP contribution in [0.2, 0.25) is 19.6 Å². The van der Waals surface area contributed by atoms with E-state index in [-0.39, 0.29) is 0 Å². The van der Waals surface area contributed by atoms with Gasteiger partial charge in [-0.3, -0.25) is 0 Å². The summed E-state index contributed by atoms with van der Waals surface area (Å²) in [6.07, 6.45) is 1.18. The van der Waals surface area contributed by atoms with Gasteiger partial charge in [-0.2, -0.15) is 0 Å². The summed E-state index contributed by atoms with van der Waals surface area (Å²) in [5, 5.41) is 3.26. The van der Waals surface area contributed by atoms with Crippen LogP contribution in [0.25, 0.3) is 0 Å². The van der Waals surface area contributed by atoms with Crippen LogP contribution in [0.3, 0.4) is 0 Å². The number of thiazole rings is 1. The predicted octanol–water partition coefficient (Wildman–Crippen LogP) is 2.77. The van der Waals surface area contributed by atoms with Gasteiger partial charge in [0.25, 0.3) is 0 Å². The van der Waals surface area contributed by atoms with Crippen LogP contribution in [0.15, 0.2) is 5.38 Å². The minimum Gasteiger partial charge on any atom is -0.354 e. The molecule has 74 valence electrons. The number of nitrogens with zero attached hydrogens (tertiary/aromatic N) is 2. The van der Waals surface area contributed by atoms with Crippen LogP contribution >= 0.6 is 11.3 Å². The summed E-state index contributed by atoms with van der Waals surface area (Å²) in [4.78, 5) is 6.74. The Bertz CT molecular complexity index is 277. The summed E-state index contributed by atoms with van der Waals surface area (Å²) in [6, 6.07) is 0. The summed E-state index contributed by atoms with van der Waals surface area (Å²) >= 11 is 1.74. The van der Waals surface area contributed by atoms with E-state index in [0.29, 0.717) is 0 Å². The molecule has 0 unspecified atom stereocenters. The van der Waals surface area contributed by atoms with Crippen molar-refractivity contribution in [3.8, 4) is 0 Å². The fraction of sp³-hybridized carbons (Fsp3) is 0.667. The molecule has 0 fully saturated rings. The Labute approximate surface area is 85.6 Å². The van der Waals surface area contributed by atoms with Crippen molar-refractivity contribution in [3.63, 3.8) is 0 Å². The van der Waals surface area contributed by atoms with Gasteiger partial charge in [0.1, 0.15) is 0 Å². The molecular formula is C9H18N2SSi. The standard InChI is InChI=1S/C9H18N2SSi/c1-8-6-12-9(10-8)11(2)7-13(3,4)5/h6H,7H2,1-5H3. The van der Waals surface area contributed by atoms with Crippen LogP contribution < -0.4 is 4.90 Å². The number of anilines is 1. The largest absolute Gasteiger partial charge is 0.354 e. The smallest absolute Gasteiger partial charge is 0.184 e. The first-order chi connectivity index (χ1) is 5.88. The topological polar surface area (TPSA) is 16.1 Å². The van der Waals surface area contributed by atoms with Crippen molar-refractivity contribution >= 4 is 24.5 Å². The van der Waals surface area contributed by atoms with E-state index >= 15 is 0 Å². The van der Waals surface area contributed by atoms with Crippen molar-refractivity contribution in [2.45, 2.75) is 26.6 Å². The molecule has 0 N–H and O–H groups in total. The first-order valence-electron chi connectivity index (χ1n) is 4.52. The zero-order chi connectivity index (χ0) is 10.1. The van der Waals surface area contributed by atoms with Crippen molar-refractivity contribution in [2.24, 2.45) is 0 Å². The van der Waals surface area contributed by atoms with Crippen molar-refractivity contribution in [3.05, 3.63) is 11.1 Å². The van der Waals surface area contributed by atoms with Gasteiger partial charge >= 0.3 is 0 Å². The van der Waals surface area contributed by atoms with Crippen LogP contribution in [0.4, 0.5) is 5.13 Å². The molecule has 0 spiro atoms. The van der Waals surface area contributed by atoms with E-state index in [2.05, 4.69) is 42.0 Å². The second-order valence-electron chi connectivity index (χ2n) is 4.69. The first kappa shape index (κ1) is 10.7. The molecule has 0 aliphatic rings. The van der Waals surface area contributed by atoms with Gasteiger partial charge in [-0.1, -0.05) is 19.6 Å². The van der Waals surface area contributed by atoms with Crippen molar-refractivity contribution in [1.82, 2.24) is 4.98 Å². The molecule has 0 saturated carbocycles. The maximum absolute atomic E-state index is 4.46. The molecule has 0 atom stereocenters. The second-order valence-corrected chi connectivity index (χ2v) is 11.0. The number of hydrogen-bond donors (Lipinski definition) is 0. The van der Waals surface area contributed by atoms with Gasteiger partial charge in [-0.05, 0) is 6.92 Å². The fourth-order valence-electron chi connectivity index (χ4n) is 1.30. The zero-order valence-corrected chi connectivity index (χ0v) is 10.9. The molecule has 1 heterocycles. The maximum atomic E-state index is 4.46. The van der Waals surface area contributed by atoms with Crippen LogP contribution in [0.1, 0.15) is 5.69 Å². The average molecular weight is 214 g/mol. The van der Waals surface area contributed by atoms with E-state index in [0.717, 1.165) is 10.8 Å². The highest BCUT2D eigenvalue weighted by molar-refractivity contribution is 7.13. The Morgan fingerprint density at radius 1 is 1.46 bits per heavy atom. The van der Waals surface area contributed by atoms with E-state index in [9.17, 15) is 0 Å². The van der Waals surface area contributed by atoms with Gasteiger partial charge in [-0.15, -0.1) is 11.3 Å². The van der Waals surface area contributed by atoms with Crippen LogP contribution in [0.5, 0.6) is 0 Å². The molecule has 0 bridgehead atoms. The van der Waals surface area contributed by atoms with E-state index in [1.54, 1.807) is 11.3 Å². The molecule has 0 saturated heterocycles.